The largest absolute Gasteiger partial charge is 0.452 e. The van der Waals surface area contributed by atoms with E-state index in [0.717, 1.165) is 25.7 Å². The first-order valence-corrected chi connectivity index (χ1v) is 12.9. The molecule has 8 nitrogen and oxygen atoms in total. The Morgan fingerprint density at radius 3 is 2.53 bits per heavy atom. The van der Waals surface area contributed by atoms with E-state index in [1.807, 2.05) is 6.92 Å². The van der Waals surface area contributed by atoms with Crippen molar-refractivity contribution >= 4 is 33.5 Å². The fourth-order valence-electron chi connectivity index (χ4n) is 4.34. The lowest BCUT2D eigenvalue weighted by molar-refractivity contribution is -0.138. The zero-order valence-electron chi connectivity index (χ0n) is 18.8. The minimum atomic E-state index is -3.94. The molecule has 3 rings (SSSR count). The van der Waals surface area contributed by atoms with Crippen LogP contribution in [0.3, 0.4) is 0 Å². The summed E-state index contributed by atoms with van der Waals surface area (Å²) < 4.78 is 38.5. The van der Waals surface area contributed by atoms with Crippen LogP contribution in [0, 0.1) is 0 Å². The molecule has 0 aromatic heterocycles. The SMILES string of the molecule is CCC1CCCCN1C(=O)COC(=O)c1ccc(Cl)c(S(=O)(=O)N2CC(C)OC(C)C2)c1. The second-order valence-corrected chi connectivity index (χ2v) is 10.8. The van der Waals surface area contributed by atoms with Gasteiger partial charge in [-0.2, -0.15) is 4.31 Å². The van der Waals surface area contributed by atoms with Gasteiger partial charge in [0.2, 0.25) is 10.0 Å². The number of sulfonamides is 1. The van der Waals surface area contributed by atoms with Gasteiger partial charge in [-0.05, 0) is 57.7 Å². The van der Waals surface area contributed by atoms with Crippen molar-refractivity contribution in [3.05, 3.63) is 28.8 Å². The van der Waals surface area contributed by atoms with E-state index in [9.17, 15) is 18.0 Å². The van der Waals surface area contributed by atoms with Gasteiger partial charge in [-0.1, -0.05) is 18.5 Å². The minimum Gasteiger partial charge on any atom is -0.452 e. The second kappa shape index (κ2) is 10.5. The number of hydrogen-bond acceptors (Lipinski definition) is 6. The summed E-state index contributed by atoms with van der Waals surface area (Å²) in [6, 6.07) is 4.14. The molecule has 0 saturated carbocycles. The standard InChI is InChI=1S/C22H31ClN2O6S/c1-4-18-7-5-6-10-25(18)21(26)14-30-22(27)17-8-9-19(23)20(11-17)32(28,29)24-12-15(2)31-16(3)13-24/h8-9,11,15-16,18H,4-7,10,12-14H2,1-3H3. The maximum atomic E-state index is 13.2. The molecule has 0 bridgehead atoms. The molecule has 1 aromatic carbocycles. The molecule has 2 heterocycles. The molecule has 1 amide bonds. The topological polar surface area (TPSA) is 93.2 Å². The Morgan fingerprint density at radius 1 is 1.19 bits per heavy atom. The van der Waals surface area contributed by atoms with Gasteiger partial charge in [0.1, 0.15) is 4.90 Å². The number of carbonyl (C=O) groups is 2. The highest BCUT2D eigenvalue weighted by atomic mass is 35.5. The molecule has 2 aliphatic rings. The van der Waals surface area contributed by atoms with Crippen molar-refractivity contribution in [2.75, 3.05) is 26.2 Å². The average Bonchev–Trinajstić information content (AvgIpc) is 2.76. The van der Waals surface area contributed by atoms with Crippen LogP contribution in [0.1, 0.15) is 56.8 Å². The fourth-order valence-corrected chi connectivity index (χ4v) is 6.43. The smallest absolute Gasteiger partial charge is 0.338 e. The number of rotatable bonds is 6. The summed E-state index contributed by atoms with van der Waals surface area (Å²) in [5.74, 6) is -0.997. The molecule has 3 atom stereocenters. The van der Waals surface area contributed by atoms with Crippen LogP contribution < -0.4 is 0 Å². The molecule has 10 heteroatoms. The molecule has 0 N–H and O–H groups in total. The van der Waals surface area contributed by atoms with Crippen molar-refractivity contribution in [2.24, 2.45) is 0 Å². The second-order valence-electron chi connectivity index (χ2n) is 8.45. The molecule has 0 spiro atoms. The van der Waals surface area contributed by atoms with Gasteiger partial charge in [-0.25, -0.2) is 13.2 Å². The highest BCUT2D eigenvalue weighted by molar-refractivity contribution is 7.89. The third kappa shape index (κ3) is 5.62. The van der Waals surface area contributed by atoms with Gasteiger partial charge < -0.3 is 14.4 Å². The molecule has 178 valence electrons. The summed E-state index contributed by atoms with van der Waals surface area (Å²) in [6.45, 7) is 6.31. The van der Waals surface area contributed by atoms with E-state index in [1.54, 1.807) is 18.7 Å². The van der Waals surface area contributed by atoms with E-state index in [0.29, 0.717) is 6.54 Å². The number of hydrogen-bond donors (Lipinski definition) is 0. The van der Waals surface area contributed by atoms with Crippen molar-refractivity contribution < 1.29 is 27.5 Å². The zero-order chi connectivity index (χ0) is 23.5. The van der Waals surface area contributed by atoms with E-state index in [1.165, 1.54) is 22.5 Å². The monoisotopic (exact) mass is 486 g/mol. The maximum absolute atomic E-state index is 13.2. The van der Waals surface area contributed by atoms with E-state index < -0.39 is 16.0 Å². The zero-order valence-corrected chi connectivity index (χ0v) is 20.3. The highest BCUT2D eigenvalue weighted by Gasteiger charge is 2.34. The van der Waals surface area contributed by atoms with Crippen LogP contribution in [0.4, 0.5) is 0 Å². The summed E-state index contributed by atoms with van der Waals surface area (Å²) in [4.78, 5) is 26.8. The lowest BCUT2D eigenvalue weighted by atomic mass is 10.00. The van der Waals surface area contributed by atoms with Crippen LogP contribution in [0.15, 0.2) is 23.1 Å². The Hall–Kier alpha value is -1.68. The van der Waals surface area contributed by atoms with Gasteiger partial charge >= 0.3 is 5.97 Å². The van der Waals surface area contributed by atoms with Gasteiger partial charge in [0.05, 0.1) is 22.8 Å². The Balaban J connectivity index is 1.72. The van der Waals surface area contributed by atoms with Gasteiger partial charge in [-0.15, -0.1) is 0 Å². The minimum absolute atomic E-state index is 0.0172. The number of ether oxygens (including phenoxy) is 2. The van der Waals surface area contributed by atoms with Crippen LogP contribution in [-0.2, 0) is 24.3 Å². The number of esters is 1. The van der Waals surface area contributed by atoms with Crippen LogP contribution in [0.25, 0.3) is 0 Å². The number of nitrogens with zero attached hydrogens (tertiary/aromatic N) is 2. The number of morpholine rings is 1. The number of amides is 1. The molecule has 0 radical (unpaired) electrons. The Bertz CT molecular complexity index is 944. The van der Waals surface area contributed by atoms with Crippen LogP contribution in [-0.4, -0.2) is 74.0 Å². The van der Waals surface area contributed by atoms with E-state index >= 15 is 0 Å². The molecular formula is C22H31ClN2O6S. The van der Waals surface area contributed by atoms with E-state index in [4.69, 9.17) is 21.1 Å². The molecular weight excluding hydrogens is 456 g/mol. The van der Waals surface area contributed by atoms with E-state index in [-0.39, 0.29) is 59.3 Å². The normalized spacial score (nSPS) is 24.9. The van der Waals surface area contributed by atoms with Crippen molar-refractivity contribution in [3.8, 4) is 0 Å². The summed E-state index contributed by atoms with van der Waals surface area (Å²) in [5.41, 5.74) is 0.0285. The molecule has 32 heavy (non-hydrogen) atoms. The van der Waals surface area contributed by atoms with Gasteiger partial charge in [0.25, 0.3) is 5.91 Å². The van der Waals surface area contributed by atoms with Crippen LogP contribution >= 0.6 is 11.6 Å². The first-order chi connectivity index (χ1) is 15.1. The van der Waals surface area contributed by atoms with Crippen LogP contribution in [0.5, 0.6) is 0 Å². The van der Waals surface area contributed by atoms with E-state index in [2.05, 4.69) is 0 Å². The van der Waals surface area contributed by atoms with Crippen molar-refractivity contribution in [2.45, 2.75) is 69.6 Å². The van der Waals surface area contributed by atoms with Crippen molar-refractivity contribution in [1.29, 1.82) is 0 Å². The maximum Gasteiger partial charge on any atom is 0.338 e. The summed E-state index contributed by atoms with van der Waals surface area (Å²) in [7, 11) is -3.94. The van der Waals surface area contributed by atoms with Gasteiger partial charge in [-0.3, -0.25) is 4.79 Å². The number of likely N-dealkylation sites (tertiary alicyclic amines) is 1. The predicted molar refractivity (Wildman–Crippen MR) is 120 cm³/mol. The summed E-state index contributed by atoms with van der Waals surface area (Å²) in [6.07, 6.45) is 3.32. The quantitative estimate of drug-likeness (QED) is 0.573. The molecule has 2 aliphatic heterocycles. The summed E-state index contributed by atoms with van der Waals surface area (Å²) >= 11 is 6.19. The fraction of sp³-hybridized carbons (Fsp3) is 0.636. The van der Waals surface area contributed by atoms with Crippen molar-refractivity contribution in [3.63, 3.8) is 0 Å². The number of benzene rings is 1. The Kier molecular flexibility index (Phi) is 8.19. The molecule has 1 aromatic rings. The third-order valence-electron chi connectivity index (χ3n) is 5.92. The summed E-state index contributed by atoms with van der Waals surface area (Å²) in [5, 5.41) is 0.0172. The Morgan fingerprint density at radius 2 is 1.88 bits per heavy atom. The molecule has 2 fully saturated rings. The molecule has 0 aliphatic carbocycles. The van der Waals surface area contributed by atoms with Crippen LogP contribution in [0.2, 0.25) is 5.02 Å². The molecule has 2 saturated heterocycles. The number of carbonyl (C=O) groups excluding carboxylic acids is 2. The average molecular weight is 487 g/mol. The lowest BCUT2D eigenvalue weighted by Gasteiger charge is -2.35. The first kappa shape index (κ1) is 25.0. The van der Waals surface area contributed by atoms with Crippen molar-refractivity contribution in [1.82, 2.24) is 9.21 Å². The third-order valence-corrected chi connectivity index (χ3v) is 8.23. The number of piperidine rings is 1. The molecule has 3 unspecified atom stereocenters. The number of halogens is 1. The predicted octanol–water partition coefficient (Wildman–Crippen LogP) is 3.09. The lowest BCUT2D eigenvalue weighted by Crippen LogP contribution is -2.48. The van der Waals surface area contributed by atoms with Gasteiger partial charge in [0.15, 0.2) is 6.61 Å². The first-order valence-electron chi connectivity index (χ1n) is 11.0. The van der Waals surface area contributed by atoms with Gasteiger partial charge in [0, 0.05) is 25.7 Å². The Labute approximate surface area is 194 Å². The highest BCUT2D eigenvalue weighted by Crippen LogP contribution is 2.28.